The minimum Gasteiger partial charge on any atom is -0.493 e. The molecular weight excluding hydrogens is 444 g/mol. The van der Waals surface area contributed by atoms with E-state index >= 15 is 0 Å². The maximum atomic E-state index is 12.9. The molecule has 1 fully saturated rings. The van der Waals surface area contributed by atoms with Gasteiger partial charge in [-0.05, 0) is 50.6 Å². The van der Waals surface area contributed by atoms with Gasteiger partial charge in [0.1, 0.15) is 5.76 Å². The number of likely N-dealkylation sites (N-methyl/N-ethyl adjacent to an activating group) is 1. The van der Waals surface area contributed by atoms with Crippen molar-refractivity contribution >= 4 is 18.0 Å². The molecule has 10 heteroatoms. The molecule has 1 spiro atoms. The maximum absolute atomic E-state index is 12.9. The summed E-state index contributed by atoms with van der Waals surface area (Å²) in [6.45, 7) is 0.723. The molecule has 0 aromatic heterocycles. The van der Waals surface area contributed by atoms with Crippen molar-refractivity contribution in [1.82, 2.24) is 4.90 Å². The fraction of sp³-hybridized carbons (Fsp3) is 0.542. The topological polar surface area (TPSA) is 135 Å². The monoisotopic (exact) mass is 470 g/mol. The van der Waals surface area contributed by atoms with Gasteiger partial charge in [0.05, 0.1) is 18.1 Å². The number of benzene rings is 1. The van der Waals surface area contributed by atoms with E-state index in [0.717, 1.165) is 17.7 Å². The molecule has 5 atom stereocenters. The zero-order valence-electron chi connectivity index (χ0n) is 18.9. The van der Waals surface area contributed by atoms with Crippen molar-refractivity contribution < 1.29 is 38.8 Å². The fourth-order valence-electron chi connectivity index (χ4n) is 6.33. The van der Waals surface area contributed by atoms with Crippen LogP contribution in [0.1, 0.15) is 36.8 Å². The van der Waals surface area contributed by atoms with Gasteiger partial charge in [-0.25, -0.2) is 9.59 Å². The van der Waals surface area contributed by atoms with E-state index in [1.54, 1.807) is 13.2 Å². The van der Waals surface area contributed by atoms with Crippen molar-refractivity contribution in [3.8, 4) is 11.5 Å². The van der Waals surface area contributed by atoms with Crippen LogP contribution >= 0.6 is 0 Å². The number of esters is 1. The number of piperidine rings is 1. The highest BCUT2D eigenvalue weighted by atomic mass is 16.6. The number of carboxylic acids is 1. The molecule has 1 aromatic carbocycles. The molecule has 10 nitrogen and oxygen atoms in total. The summed E-state index contributed by atoms with van der Waals surface area (Å²) in [6.07, 6.45) is 3.14. The van der Waals surface area contributed by atoms with Crippen molar-refractivity contribution in [1.29, 1.82) is 0 Å². The lowest BCUT2D eigenvalue weighted by Gasteiger charge is -2.61. The Morgan fingerprint density at radius 2 is 2.21 bits per heavy atom. The third-order valence-corrected chi connectivity index (χ3v) is 7.89. The van der Waals surface area contributed by atoms with Gasteiger partial charge in [0.2, 0.25) is 6.08 Å². The lowest BCUT2D eigenvalue weighted by Crippen LogP contribution is -2.74. The number of aliphatic carboxylic acids is 1. The number of likely N-dealkylation sites (tertiary alicyclic amines) is 1. The summed E-state index contributed by atoms with van der Waals surface area (Å²) in [5, 5.41) is 21.1. The van der Waals surface area contributed by atoms with E-state index < -0.39 is 35.1 Å². The van der Waals surface area contributed by atoms with E-state index in [2.05, 4.69) is 9.89 Å². The molecule has 2 N–H and O–H groups in total. The van der Waals surface area contributed by atoms with E-state index in [9.17, 15) is 19.5 Å². The first-order chi connectivity index (χ1) is 16.3. The van der Waals surface area contributed by atoms with Crippen molar-refractivity contribution in [2.75, 3.05) is 20.7 Å². The van der Waals surface area contributed by atoms with E-state index in [1.165, 1.54) is 6.08 Å². The highest BCUT2D eigenvalue weighted by molar-refractivity contribution is 5.79. The molecule has 0 saturated carbocycles. The number of aliphatic imine (C=N–C) groups is 1. The first-order valence-electron chi connectivity index (χ1n) is 11.3. The van der Waals surface area contributed by atoms with Gasteiger partial charge in [0.25, 0.3) is 0 Å². The Morgan fingerprint density at radius 3 is 2.91 bits per heavy atom. The van der Waals surface area contributed by atoms with Gasteiger partial charge in [0, 0.05) is 24.4 Å². The van der Waals surface area contributed by atoms with Crippen LogP contribution in [0.2, 0.25) is 0 Å². The largest absolute Gasteiger partial charge is 0.493 e. The van der Waals surface area contributed by atoms with Crippen molar-refractivity contribution in [2.24, 2.45) is 4.99 Å². The van der Waals surface area contributed by atoms with E-state index in [4.69, 9.17) is 19.3 Å². The fourth-order valence-corrected chi connectivity index (χ4v) is 6.33. The zero-order valence-corrected chi connectivity index (χ0v) is 18.9. The van der Waals surface area contributed by atoms with Crippen LogP contribution in [0.15, 0.2) is 29.0 Å². The molecule has 2 heterocycles. The number of carbonyl (C=O) groups is 2. The number of carbonyl (C=O) groups excluding carboxylic acids is 2. The van der Waals surface area contributed by atoms with Crippen LogP contribution in [-0.2, 0) is 31.0 Å². The lowest BCUT2D eigenvalue weighted by molar-refractivity contribution is -0.169. The Morgan fingerprint density at radius 1 is 1.41 bits per heavy atom. The van der Waals surface area contributed by atoms with Crippen molar-refractivity contribution in [2.45, 2.75) is 61.3 Å². The summed E-state index contributed by atoms with van der Waals surface area (Å²) in [5.74, 6) is -0.662. The molecule has 0 unspecified atom stereocenters. The molecule has 2 aliphatic carbocycles. The molecule has 1 saturated heterocycles. The van der Waals surface area contributed by atoms with E-state index in [-0.39, 0.29) is 31.1 Å². The smallest absolute Gasteiger partial charge is 0.337 e. The number of carboxylic acid groups (broad SMARTS) is 1. The lowest BCUT2D eigenvalue weighted by atomic mass is 9.50. The second-order valence-corrected chi connectivity index (χ2v) is 9.38. The highest BCUT2D eigenvalue weighted by Gasteiger charge is 2.72. The van der Waals surface area contributed by atoms with Crippen LogP contribution in [0.5, 0.6) is 11.5 Å². The Labute approximate surface area is 195 Å². The number of ether oxygens (including phenoxy) is 3. The van der Waals surface area contributed by atoms with Gasteiger partial charge < -0.3 is 29.3 Å². The number of hydrogen-bond acceptors (Lipinski definition) is 9. The summed E-state index contributed by atoms with van der Waals surface area (Å²) in [6, 6.07) is 2.41. The molecule has 5 rings (SSSR count). The van der Waals surface area contributed by atoms with Gasteiger partial charge in [-0.2, -0.15) is 4.99 Å². The number of hydrogen-bond donors (Lipinski definition) is 2. The number of nitrogens with zero attached hydrogens (tertiary/aromatic N) is 2. The van der Waals surface area contributed by atoms with Gasteiger partial charge >= 0.3 is 11.9 Å². The molecule has 2 bridgehead atoms. The van der Waals surface area contributed by atoms with Crippen LogP contribution in [0.4, 0.5) is 0 Å². The standard InChI is InChI=1S/C24H26N2O8/c1-26-10-9-23-19-13-3-5-15(32-2)20(19)34-21(23)16(7-8-24(23,31)17(26)11-13)33-22(30)14(25-12-27)4-6-18(28)29/h3,5,7,14,17,21,31H,4,6,8-11H2,1-2H3,(H,28,29)/t14-,17+,21-,23-,24+/m0/s1. The summed E-state index contributed by atoms with van der Waals surface area (Å²) in [7, 11) is 3.55. The quantitative estimate of drug-likeness (QED) is 0.341. The molecule has 2 aliphatic heterocycles. The molecular formula is C24H26N2O8. The van der Waals surface area contributed by atoms with Crippen LogP contribution in [0.3, 0.4) is 0 Å². The Balaban J connectivity index is 1.56. The van der Waals surface area contributed by atoms with Crippen LogP contribution in [-0.4, -0.2) is 77.6 Å². The predicted molar refractivity (Wildman–Crippen MR) is 116 cm³/mol. The molecule has 4 aliphatic rings. The number of methoxy groups -OCH3 is 1. The Kier molecular flexibility index (Phi) is 5.27. The Hall–Kier alpha value is -3.20. The van der Waals surface area contributed by atoms with Crippen LogP contribution in [0.25, 0.3) is 0 Å². The summed E-state index contributed by atoms with van der Waals surface area (Å²) in [4.78, 5) is 40.3. The second kappa shape index (κ2) is 7.94. The first-order valence-corrected chi connectivity index (χ1v) is 11.3. The normalized spacial score (nSPS) is 31.3. The number of rotatable bonds is 7. The number of isocyanates is 1. The van der Waals surface area contributed by atoms with Gasteiger partial charge in [0.15, 0.2) is 23.6 Å². The van der Waals surface area contributed by atoms with Gasteiger partial charge in [-0.15, -0.1) is 0 Å². The minimum absolute atomic E-state index is 0.143. The summed E-state index contributed by atoms with van der Waals surface area (Å²) >= 11 is 0. The van der Waals surface area contributed by atoms with Crippen molar-refractivity contribution in [3.05, 3.63) is 35.1 Å². The van der Waals surface area contributed by atoms with Crippen LogP contribution in [0, 0.1) is 0 Å². The van der Waals surface area contributed by atoms with E-state index in [1.807, 2.05) is 19.2 Å². The van der Waals surface area contributed by atoms with Crippen LogP contribution < -0.4 is 9.47 Å². The van der Waals surface area contributed by atoms with Crippen molar-refractivity contribution in [3.63, 3.8) is 0 Å². The zero-order chi connectivity index (χ0) is 24.3. The minimum atomic E-state index is -1.29. The SMILES string of the molecule is COc1ccc2c3c1O[C@H]1C(OC(=O)[C@H](CCC(=O)O)N=C=O)=CC[C@@]4(O)[C@@H](C2)N(C)CC[C@]314. The van der Waals surface area contributed by atoms with E-state index in [0.29, 0.717) is 24.3 Å². The van der Waals surface area contributed by atoms with Gasteiger partial charge in [-0.3, -0.25) is 4.79 Å². The maximum Gasteiger partial charge on any atom is 0.337 e. The molecule has 0 amide bonds. The highest BCUT2D eigenvalue weighted by Crippen LogP contribution is 2.65. The average Bonchev–Trinajstić information content (AvgIpc) is 3.16. The third kappa shape index (κ3) is 2.95. The third-order valence-electron chi connectivity index (χ3n) is 7.89. The molecule has 0 radical (unpaired) electrons. The first kappa shape index (κ1) is 22.6. The summed E-state index contributed by atoms with van der Waals surface area (Å²) in [5.41, 5.74) is -0.0126. The summed E-state index contributed by atoms with van der Waals surface area (Å²) < 4.78 is 17.6. The Bertz CT molecular complexity index is 1140. The molecule has 1 aromatic rings. The average molecular weight is 470 g/mol. The number of aliphatic hydroxyl groups is 1. The molecule has 34 heavy (non-hydrogen) atoms. The predicted octanol–water partition coefficient (Wildman–Crippen LogP) is 1.09. The second-order valence-electron chi connectivity index (χ2n) is 9.38. The molecule has 180 valence electrons. The van der Waals surface area contributed by atoms with Gasteiger partial charge in [-0.1, -0.05) is 6.07 Å².